The van der Waals surface area contributed by atoms with Gasteiger partial charge in [-0.25, -0.2) is 4.68 Å². The van der Waals surface area contributed by atoms with E-state index in [1.165, 1.54) is 16.7 Å². The fourth-order valence-electron chi connectivity index (χ4n) is 4.90. The van der Waals surface area contributed by atoms with Crippen LogP contribution in [-0.4, -0.2) is 30.1 Å². The number of benzene rings is 2. The lowest BCUT2D eigenvalue weighted by molar-refractivity contribution is 0.148. The van der Waals surface area contributed by atoms with Gasteiger partial charge in [0.05, 0.1) is 17.1 Å². The quantitative estimate of drug-likeness (QED) is 0.344. The number of nitrogens with zero attached hydrogens (tertiary/aromatic N) is 5. The smallest absolute Gasteiger partial charge is 0.252 e. The van der Waals surface area contributed by atoms with Crippen molar-refractivity contribution in [1.82, 2.24) is 30.1 Å². The minimum absolute atomic E-state index is 0.0418. The summed E-state index contributed by atoms with van der Waals surface area (Å²) in [5.74, 6) is 0.834. The molecule has 0 saturated carbocycles. The molecule has 7 nitrogen and oxygen atoms in total. The molecule has 0 spiro atoms. The molecule has 0 saturated heterocycles. The van der Waals surface area contributed by atoms with E-state index in [4.69, 9.17) is 0 Å². The molecule has 4 aromatic rings. The second-order valence-electron chi connectivity index (χ2n) is 11.0. The first-order valence-corrected chi connectivity index (χ1v) is 12.8. The number of hydrogen-bond donors (Lipinski definition) is 1. The molecule has 2 heterocycles. The van der Waals surface area contributed by atoms with E-state index in [-0.39, 0.29) is 17.1 Å². The zero-order valence-electron chi connectivity index (χ0n) is 22.6. The molecule has 2 aromatic heterocycles. The van der Waals surface area contributed by atoms with Crippen molar-refractivity contribution in [2.75, 3.05) is 0 Å². The van der Waals surface area contributed by atoms with Gasteiger partial charge in [0.15, 0.2) is 5.82 Å². The molecule has 0 radical (unpaired) electrons. The zero-order chi connectivity index (χ0) is 26.0. The summed E-state index contributed by atoms with van der Waals surface area (Å²) in [6.07, 6.45) is 1.85. The average molecular weight is 487 g/mol. The number of rotatable bonds is 8. The van der Waals surface area contributed by atoms with Gasteiger partial charge >= 0.3 is 0 Å². The number of fused-ring (bicyclic) bond motifs is 1. The molecule has 0 aliphatic carbocycles. The molecule has 1 atom stereocenters. The van der Waals surface area contributed by atoms with Crippen molar-refractivity contribution < 1.29 is 0 Å². The fourth-order valence-corrected chi connectivity index (χ4v) is 4.90. The Morgan fingerprint density at radius 1 is 1.00 bits per heavy atom. The van der Waals surface area contributed by atoms with Crippen molar-refractivity contribution in [2.45, 2.75) is 86.0 Å². The maximum absolute atomic E-state index is 13.3. The summed E-state index contributed by atoms with van der Waals surface area (Å²) in [7, 11) is 0. The van der Waals surface area contributed by atoms with Gasteiger partial charge in [-0.15, -0.1) is 5.10 Å². The van der Waals surface area contributed by atoms with Crippen molar-refractivity contribution in [1.29, 1.82) is 0 Å². The van der Waals surface area contributed by atoms with Crippen LogP contribution in [0.25, 0.3) is 10.9 Å². The average Bonchev–Trinajstić information content (AvgIpc) is 3.30. The van der Waals surface area contributed by atoms with Crippen molar-refractivity contribution in [2.24, 2.45) is 0 Å². The molecule has 0 fully saturated rings. The fraction of sp³-hybridized carbons (Fsp3) is 0.448. The first-order valence-electron chi connectivity index (χ1n) is 12.8. The van der Waals surface area contributed by atoms with Crippen LogP contribution in [0.1, 0.15) is 80.2 Å². The van der Waals surface area contributed by atoms with Crippen LogP contribution >= 0.6 is 0 Å². The number of aromatic nitrogens is 5. The van der Waals surface area contributed by atoms with Crippen molar-refractivity contribution in [3.63, 3.8) is 0 Å². The first-order chi connectivity index (χ1) is 17.1. The number of nitrogens with one attached hydrogen (secondary N) is 1. The Bertz CT molecular complexity index is 1390. The first kappa shape index (κ1) is 25.8. The van der Waals surface area contributed by atoms with E-state index in [1.807, 2.05) is 17.7 Å². The van der Waals surface area contributed by atoms with E-state index >= 15 is 0 Å². The maximum atomic E-state index is 13.3. The predicted molar refractivity (Wildman–Crippen MR) is 145 cm³/mol. The normalized spacial score (nSPS) is 13.0. The number of hydrogen-bond acceptors (Lipinski definition) is 5. The predicted octanol–water partition coefficient (Wildman–Crippen LogP) is 5.74. The van der Waals surface area contributed by atoms with E-state index in [0.717, 1.165) is 40.7 Å². The number of H-pyrrole nitrogens is 1. The Kier molecular flexibility index (Phi) is 7.41. The minimum Gasteiger partial charge on any atom is -0.321 e. The van der Waals surface area contributed by atoms with Gasteiger partial charge < -0.3 is 4.98 Å². The summed E-state index contributed by atoms with van der Waals surface area (Å²) in [6.45, 7) is 15.9. The Hall–Kier alpha value is -3.32. The molecule has 4 rings (SSSR count). The molecule has 36 heavy (non-hydrogen) atoms. The summed E-state index contributed by atoms with van der Waals surface area (Å²) in [5.41, 5.74) is 6.03. The van der Waals surface area contributed by atoms with Gasteiger partial charge in [-0.1, -0.05) is 54.8 Å². The van der Waals surface area contributed by atoms with Gasteiger partial charge in [-0.2, -0.15) is 0 Å². The summed E-state index contributed by atoms with van der Waals surface area (Å²) in [6, 6.07) is 14.8. The van der Waals surface area contributed by atoms with Crippen LogP contribution in [0.3, 0.4) is 0 Å². The highest BCUT2D eigenvalue weighted by Gasteiger charge is 2.30. The van der Waals surface area contributed by atoms with E-state index in [2.05, 4.69) is 103 Å². The second kappa shape index (κ2) is 10.3. The van der Waals surface area contributed by atoms with Crippen LogP contribution in [0.4, 0.5) is 0 Å². The lowest BCUT2D eigenvalue weighted by atomic mass is 10.0. The highest BCUT2D eigenvalue weighted by Crippen LogP contribution is 2.30. The summed E-state index contributed by atoms with van der Waals surface area (Å²) in [4.78, 5) is 18.8. The van der Waals surface area contributed by atoms with Crippen LogP contribution in [0.5, 0.6) is 0 Å². The van der Waals surface area contributed by atoms with Gasteiger partial charge in [-0.3, -0.25) is 9.69 Å². The van der Waals surface area contributed by atoms with E-state index in [1.54, 1.807) is 0 Å². The van der Waals surface area contributed by atoms with Crippen LogP contribution in [0.15, 0.2) is 47.3 Å². The molecule has 0 amide bonds. The van der Waals surface area contributed by atoms with Gasteiger partial charge in [0.25, 0.3) is 5.56 Å². The van der Waals surface area contributed by atoms with Crippen LogP contribution in [0, 0.1) is 20.8 Å². The molecular weight excluding hydrogens is 448 g/mol. The van der Waals surface area contributed by atoms with Crippen molar-refractivity contribution in [3.05, 3.63) is 86.5 Å². The number of pyridine rings is 1. The highest BCUT2D eigenvalue weighted by atomic mass is 16.1. The molecule has 0 aliphatic rings. The lowest BCUT2D eigenvalue weighted by Crippen LogP contribution is -2.35. The highest BCUT2D eigenvalue weighted by molar-refractivity contribution is 5.82. The monoisotopic (exact) mass is 486 g/mol. The van der Waals surface area contributed by atoms with Gasteiger partial charge in [-0.05, 0) is 87.0 Å². The second-order valence-corrected chi connectivity index (χ2v) is 11.0. The Morgan fingerprint density at radius 2 is 1.72 bits per heavy atom. The molecule has 0 bridgehead atoms. The third-order valence-corrected chi connectivity index (χ3v) is 6.68. The summed E-state index contributed by atoms with van der Waals surface area (Å²) >= 11 is 0. The standard InChI is InChI=1S/C29H38N6O/c1-8-9-25(27-31-32-33-35(27)29(5,6)7)34(17-22-12-10-19(2)11-13-22)18-24-16-23-15-20(3)14-21(4)26(23)30-28(24)36/h10-16,25H,8-9,17-18H2,1-7H3,(H,30,36). The van der Waals surface area contributed by atoms with Crippen LogP contribution in [0.2, 0.25) is 0 Å². The lowest BCUT2D eigenvalue weighted by Gasteiger charge is -2.33. The number of aromatic amines is 1. The van der Waals surface area contributed by atoms with E-state index in [0.29, 0.717) is 13.1 Å². The van der Waals surface area contributed by atoms with Gasteiger partial charge in [0.2, 0.25) is 0 Å². The SMILES string of the molecule is CCCC(c1nnnn1C(C)(C)C)N(Cc1ccc(C)cc1)Cc1cc2cc(C)cc(C)c2[nH]c1=O. The largest absolute Gasteiger partial charge is 0.321 e. The molecule has 0 aliphatic heterocycles. The number of aryl methyl sites for hydroxylation is 3. The van der Waals surface area contributed by atoms with Crippen molar-refractivity contribution >= 4 is 10.9 Å². The summed E-state index contributed by atoms with van der Waals surface area (Å²) in [5, 5.41) is 13.9. The van der Waals surface area contributed by atoms with E-state index < -0.39 is 0 Å². The third kappa shape index (κ3) is 5.57. The molecule has 1 unspecified atom stereocenters. The Labute approximate surface area is 213 Å². The van der Waals surface area contributed by atoms with Crippen molar-refractivity contribution in [3.8, 4) is 0 Å². The molecular formula is C29H38N6O. The number of tetrazole rings is 1. The minimum atomic E-state index is -0.254. The molecule has 1 N–H and O–H groups in total. The Morgan fingerprint density at radius 3 is 2.39 bits per heavy atom. The maximum Gasteiger partial charge on any atom is 0.252 e. The Balaban J connectivity index is 1.81. The van der Waals surface area contributed by atoms with E-state index in [9.17, 15) is 4.79 Å². The van der Waals surface area contributed by atoms with Gasteiger partial charge in [0, 0.05) is 18.7 Å². The van der Waals surface area contributed by atoms with Gasteiger partial charge in [0.1, 0.15) is 0 Å². The topological polar surface area (TPSA) is 79.7 Å². The van der Waals surface area contributed by atoms with Crippen LogP contribution in [-0.2, 0) is 18.6 Å². The third-order valence-electron chi connectivity index (χ3n) is 6.68. The summed E-state index contributed by atoms with van der Waals surface area (Å²) < 4.78 is 1.92. The zero-order valence-corrected chi connectivity index (χ0v) is 22.6. The molecule has 190 valence electrons. The molecule has 7 heteroatoms. The van der Waals surface area contributed by atoms with Crippen LogP contribution < -0.4 is 5.56 Å². The molecule has 2 aromatic carbocycles.